The Balaban J connectivity index is 2.13. The van der Waals surface area contributed by atoms with Gasteiger partial charge in [0.15, 0.2) is 0 Å². The van der Waals surface area contributed by atoms with E-state index in [9.17, 15) is 0 Å². The third-order valence-electron chi connectivity index (χ3n) is 3.32. The molecule has 0 bridgehead atoms. The van der Waals surface area contributed by atoms with Crippen molar-refractivity contribution in [1.82, 2.24) is 9.97 Å². The molecule has 5 nitrogen and oxygen atoms in total. The first-order chi connectivity index (χ1) is 7.98. The summed E-state index contributed by atoms with van der Waals surface area (Å²) in [4.78, 5) is 10.7. The molecule has 1 aromatic heterocycles. The van der Waals surface area contributed by atoms with Crippen LogP contribution in [0.4, 0.5) is 5.95 Å². The summed E-state index contributed by atoms with van der Waals surface area (Å²) in [6.07, 6.45) is 3.94. The fraction of sp³-hybridized carbons (Fsp3) is 0.583. The smallest absolute Gasteiger partial charge is 0.225 e. The van der Waals surface area contributed by atoms with E-state index in [-0.39, 0.29) is 5.84 Å². The molecule has 0 aliphatic carbocycles. The van der Waals surface area contributed by atoms with E-state index < -0.39 is 0 Å². The van der Waals surface area contributed by atoms with E-state index in [1.165, 1.54) is 0 Å². The molecule has 2 rings (SSSR count). The van der Waals surface area contributed by atoms with Crippen molar-refractivity contribution in [2.75, 3.05) is 18.0 Å². The Morgan fingerprint density at radius 3 is 2.65 bits per heavy atom. The largest absolute Gasteiger partial charge is 0.382 e. The zero-order chi connectivity index (χ0) is 12.5. The molecule has 0 unspecified atom stereocenters. The number of nitrogens with one attached hydrogen (secondary N) is 1. The lowest BCUT2D eigenvalue weighted by Crippen LogP contribution is -2.38. The van der Waals surface area contributed by atoms with Gasteiger partial charge in [-0.2, -0.15) is 0 Å². The van der Waals surface area contributed by atoms with Gasteiger partial charge >= 0.3 is 0 Å². The van der Waals surface area contributed by atoms with Gasteiger partial charge in [0.1, 0.15) is 11.5 Å². The third kappa shape index (κ3) is 2.72. The van der Waals surface area contributed by atoms with Crippen LogP contribution < -0.4 is 10.6 Å². The molecule has 0 spiro atoms. The van der Waals surface area contributed by atoms with Gasteiger partial charge in [-0.15, -0.1) is 0 Å². The number of nitrogens with zero attached hydrogens (tertiary/aromatic N) is 3. The van der Waals surface area contributed by atoms with Gasteiger partial charge in [0.2, 0.25) is 5.95 Å². The molecule has 1 fully saturated rings. The summed E-state index contributed by atoms with van der Waals surface area (Å²) >= 11 is 0. The predicted molar refractivity (Wildman–Crippen MR) is 68.3 cm³/mol. The molecule has 2 heterocycles. The molecule has 5 heteroatoms. The van der Waals surface area contributed by atoms with Gasteiger partial charge in [0, 0.05) is 19.3 Å². The summed E-state index contributed by atoms with van der Waals surface area (Å²) < 4.78 is 0. The first-order valence-electron chi connectivity index (χ1n) is 5.90. The van der Waals surface area contributed by atoms with E-state index in [1.54, 1.807) is 12.3 Å². The Kier molecular flexibility index (Phi) is 3.00. The standard InChI is InChI=1S/C12H19N5/c1-12(2)4-7-17(8-5-12)11-15-6-3-9(16-11)10(13)14/h3,6H,4-5,7-8H2,1-2H3,(H3,13,14). The molecule has 92 valence electrons. The number of hydrogen-bond acceptors (Lipinski definition) is 4. The molecule has 1 aromatic rings. The van der Waals surface area contributed by atoms with Crippen LogP contribution in [-0.2, 0) is 0 Å². The Hall–Kier alpha value is -1.65. The van der Waals surface area contributed by atoms with E-state index in [0.717, 1.165) is 25.9 Å². The van der Waals surface area contributed by atoms with E-state index in [2.05, 4.69) is 28.7 Å². The summed E-state index contributed by atoms with van der Waals surface area (Å²) in [7, 11) is 0. The first kappa shape index (κ1) is 11.8. The highest BCUT2D eigenvalue weighted by Gasteiger charge is 2.26. The van der Waals surface area contributed by atoms with E-state index in [1.807, 2.05) is 0 Å². The van der Waals surface area contributed by atoms with Gasteiger partial charge in [-0.3, -0.25) is 5.41 Å². The van der Waals surface area contributed by atoms with Gasteiger partial charge in [-0.25, -0.2) is 9.97 Å². The van der Waals surface area contributed by atoms with Gasteiger partial charge in [0.25, 0.3) is 0 Å². The highest BCUT2D eigenvalue weighted by Crippen LogP contribution is 2.30. The number of piperidine rings is 1. The first-order valence-corrected chi connectivity index (χ1v) is 5.90. The Bertz CT molecular complexity index is 417. The van der Waals surface area contributed by atoms with Crippen LogP contribution >= 0.6 is 0 Å². The second-order valence-electron chi connectivity index (χ2n) is 5.31. The maximum atomic E-state index is 7.38. The van der Waals surface area contributed by atoms with Crippen molar-refractivity contribution in [3.05, 3.63) is 18.0 Å². The highest BCUT2D eigenvalue weighted by atomic mass is 15.3. The lowest BCUT2D eigenvalue weighted by molar-refractivity contribution is 0.278. The van der Waals surface area contributed by atoms with Crippen LogP contribution in [0.5, 0.6) is 0 Å². The van der Waals surface area contributed by atoms with Gasteiger partial charge in [0.05, 0.1) is 0 Å². The van der Waals surface area contributed by atoms with Crippen molar-refractivity contribution in [3.63, 3.8) is 0 Å². The zero-order valence-electron chi connectivity index (χ0n) is 10.4. The number of nitrogens with two attached hydrogens (primary N) is 1. The van der Waals surface area contributed by atoms with Gasteiger partial charge in [-0.05, 0) is 24.3 Å². The Morgan fingerprint density at radius 1 is 1.41 bits per heavy atom. The molecule has 1 saturated heterocycles. The summed E-state index contributed by atoms with van der Waals surface area (Å²) in [6, 6.07) is 1.67. The SMILES string of the molecule is CC1(C)CCN(c2nccc(C(=N)N)n2)CC1. The number of anilines is 1. The monoisotopic (exact) mass is 233 g/mol. The molecule has 0 aromatic carbocycles. The quantitative estimate of drug-likeness (QED) is 0.597. The Morgan fingerprint density at radius 2 is 2.06 bits per heavy atom. The topological polar surface area (TPSA) is 78.9 Å². The highest BCUT2D eigenvalue weighted by molar-refractivity contribution is 5.93. The lowest BCUT2D eigenvalue weighted by Gasteiger charge is -2.36. The van der Waals surface area contributed by atoms with Gasteiger partial charge in [-0.1, -0.05) is 13.8 Å². The molecular formula is C12H19N5. The second-order valence-corrected chi connectivity index (χ2v) is 5.31. The molecule has 0 saturated carbocycles. The van der Waals surface area contributed by atoms with Crippen molar-refractivity contribution in [2.45, 2.75) is 26.7 Å². The summed E-state index contributed by atoms with van der Waals surface area (Å²) in [5.41, 5.74) is 6.34. The van der Waals surface area contributed by atoms with E-state index in [0.29, 0.717) is 17.1 Å². The van der Waals surface area contributed by atoms with E-state index in [4.69, 9.17) is 11.1 Å². The second kappa shape index (κ2) is 4.31. The molecular weight excluding hydrogens is 214 g/mol. The number of amidine groups is 1. The maximum absolute atomic E-state index is 7.38. The minimum atomic E-state index is -0.00834. The lowest BCUT2D eigenvalue weighted by atomic mass is 9.83. The fourth-order valence-corrected chi connectivity index (χ4v) is 1.96. The van der Waals surface area contributed by atoms with Crippen LogP contribution in [-0.4, -0.2) is 28.9 Å². The number of aromatic nitrogens is 2. The average molecular weight is 233 g/mol. The van der Waals surface area contributed by atoms with Crippen LogP contribution in [0, 0.1) is 10.8 Å². The summed E-state index contributed by atoms with van der Waals surface area (Å²) in [6.45, 7) is 6.51. The summed E-state index contributed by atoms with van der Waals surface area (Å²) in [5.74, 6) is 0.680. The zero-order valence-corrected chi connectivity index (χ0v) is 10.4. The van der Waals surface area contributed by atoms with Crippen LogP contribution in [0.25, 0.3) is 0 Å². The average Bonchev–Trinajstić information content (AvgIpc) is 2.29. The van der Waals surface area contributed by atoms with Crippen LogP contribution in [0.2, 0.25) is 0 Å². The molecule has 3 N–H and O–H groups in total. The molecule has 0 amide bonds. The normalized spacial score (nSPS) is 19.1. The fourth-order valence-electron chi connectivity index (χ4n) is 1.96. The minimum absolute atomic E-state index is 0.00834. The minimum Gasteiger partial charge on any atom is -0.382 e. The summed E-state index contributed by atoms with van der Waals surface area (Å²) in [5, 5.41) is 7.38. The maximum Gasteiger partial charge on any atom is 0.225 e. The number of rotatable bonds is 2. The van der Waals surface area contributed by atoms with Crippen LogP contribution in [0.15, 0.2) is 12.3 Å². The number of nitrogen functional groups attached to an aromatic ring is 1. The molecule has 17 heavy (non-hydrogen) atoms. The molecule has 1 aliphatic rings. The van der Waals surface area contributed by atoms with Crippen molar-refractivity contribution in [1.29, 1.82) is 5.41 Å². The molecule has 0 radical (unpaired) electrons. The Labute approximate surface area is 102 Å². The van der Waals surface area contributed by atoms with Crippen LogP contribution in [0.3, 0.4) is 0 Å². The van der Waals surface area contributed by atoms with Crippen molar-refractivity contribution in [2.24, 2.45) is 11.1 Å². The van der Waals surface area contributed by atoms with Crippen molar-refractivity contribution >= 4 is 11.8 Å². The van der Waals surface area contributed by atoms with Crippen molar-refractivity contribution in [3.8, 4) is 0 Å². The van der Waals surface area contributed by atoms with E-state index >= 15 is 0 Å². The number of hydrogen-bond donors (Lipinski definition) is 2. The van der Waals surface area contributed by atoms with Gasteiger partial charge < -0.3 is 10.6 Å². The van der Waals surface area contributed by atoms with Crippen molar-refractivity contribution < 1.29 is 0 Å². The molecule has 1 aliphatic heterocycles. The van der Waals surface area contributed by atoms with Crippen LogP contribution in [0.1, 0.15) is 32.4 Å². The molecule has 0 atom stereocenters. The predicted octanol–water partition coefficient (Wildman–Crippen LogP) is 1.39. The third-order valence-corrected chi connectivity index (χ3v) is 3.32.